The van der Waals surface area contributed by atoms with E-state index in [4.69, 9.17) is 11.6 Å². The number of rotatable bonds is 6. The molecule has 1 fully saturated rings. The molecule has 3 heterocycles. The maximum Gasteiger partial charge on any atom is 0.265 e. The van der Waals surface area contributed by atoms with Crippen molar-refractivity contribution in [1.82, 2.24) is 14.1 Å². The number of amides is 1. The molecular formula is C26H29ClN5O3S2+. The maximum atomic E-state index is 13.2. The van der Waals surface area contributed by atoms with Crippen LogP contribution in [0.3, 0.4) is 0 Å². The van der Waals surface area contributed by atoms with Crippen LogP contribution in [0, 0.1) is 6.92 Å². The minimum atomic E-state index is -3.61. The lowest BCUT2D eigenvalue weighted by Crippen LogP contribution is -3.10. The van der Waals surface area contributed by atoms with Gasteiger partial charge in [0.25, 0.3) is 5.91 Å². The highest BCUT2D eigenvalue weighted by atomic mass is 35.5. The monoisotopic (exact) mass is 558 g/mol. The fourth-order valence-corrected chi connectivity index (χ4v) is 7.26. The number of sulfonamides is 1. The van der Waals surface area contributed by atoms with Gasteiger partial charge in [-0.3, -0.25) is 4.79 Å². The largest absolute Gasteiger partial charge is 0.337 e. The van der Waals surface area contributed by atoms with Crippen LogP contribution < -0.4 is 10.2 Å². The van der Waals surface area contributed by atoms with Gasteiger partial charge in [-0.15, -0.1) is 11.3 Å². The van der Waals surface area contributed by atoms with Crippen molar-refractivity contribution in [3.05, 3.63) is 70.2 Å². The number of carbonyl (C=O) groups is 1. The highest BCUT2D eigenvalue weighted by Gasteiger charge is 2.31. The number of nitrogens with one attached hydrogen (secondary N) is 2. The molecule has 11 heteroatoms. The van der Waals surface area contributed by atoms with Crippen molar-refractivity contribution < 1.29 is 18.1 Å². The van der Waals surface area contributed by atoms with Crippen molar-refractivity contribution in [2.45, 2.75) is 30.7 Å². The summed E-state index contributed by atoms with van der Waals surface area (Å²) in [6.07, 6.45) is 1.69. The predicted molar refractivity (Wildman–Crippen MR) is 148 cm³/mol. The number of carbonyl (C=O) groups excluding carboxylic acids is 1. The van der Waals surface area contributed by atoms with Crippen molar-refractivity contribution in [1.29, 1.82) is 0 Å². The van der Waals surface area contributed by atoms with Crippen molar-refractivity contribution in [3.63, 3.8) is 0 Å². The van der Waals surface area contributed by atoms with Gasteiger partial charge in [-0.1, -0.05) is 11.6 Å². The number of likely N-dealkylation sites (tertiary alicyclic amines) is 1. The molecule has 2 aromatic heterocycles. The zero-order valence-electron chi connectivity index (χ0n) is 20.9. The first-order valence-corrected chi connectivity index (χ1v) is 14.7. The molecule has 2 N–H and O–H groups in total. The van der Waals surface area contributed by atoms with E-state index in [0.29, 0.717) is 15.6 Å². The van der Waals surface area contributed by atoms with Crippen molar-refractivity contribution in [3.8, 4) is 5.69 Å². The van der Waals surface area contributed by atoms with Crippen molar-refractivity contribution >= 4 is 54.8 Å². The standard InChI is InChI=1S/C26H28ClN5O3S2/c1-17-23-16-24(36-26(23)32(29-17)21-8-4-18(27)5-9-21)25(33)28-19-6-10-22(11-7-19)37(34,35)31(3)20-12-14-30(2)15-13-20/h4-11,16,20H,12-15H2,1-3H3,(H,28,33)/p+1. The van der Waals surface area contributed by atoms with Crippen LogP contribution in [0.25, 0.3) is 15.9 Å². The average Bonchev–Trinajstić information content (AvgIpc) is 3.46. The van der Waals surface area contributed by atoms with Crippen LogP contribution >= 0.6 is 22.9 Å². The summed E-state index contributed by atoms with van der Waals surface area (Å²) >= 11 is 7.37. The fourth-order valence-electron chi connectivity index (χ4n) is 4.64. The molecule has 0 aliphatic carbocycles. The highest BCUT2D eigenvalue weighted by molar-refractivity contribution is 7.89. The predicted octanol–water partition coefficient (Wildman–Crippen LogP) is 3.60. The van der Waals surface area contributed by atoms with Gasteiger partial charge in [0.15, 0.2) is 0 Å². The molecule has 1 aliphatic heterocycles. The lowest BCUT2D eigenvalue weighted by Gasteiger charge is -2.32. The molecule has 194 valence electrons. The van der Waals surface area contributed by atoms with E-state index in [1.165, 1.54) is 20.5 Å². The van der Waals surface area contributed by atoms with Gasteiger partial charge in [0.2, 0.25) is 10.0 Å². The summed E-state index contributed by atoms with van der Waals surface area (Å²) in [6, 6.07) is 15.6. The summed E-state index contributed by atoms with van der Waals surface area (Å²) in [6.45, 7) is 3.83. The first-order valence-electron chi connectivity index (χ1n) is 12.1. The number of aryl methyl sites for hydroxylation is 1. The molecule has 0 saturated carbocycles. The topological polar surface area (TPSA) is 88.7 Å². The Labute approximate surface area is 225 Å². The Bertz CT molecular complexity index is 1540. The van der Waals surface area contributed by atoms with Gasteiger partial charge < -0.3 is 10.2 Å². The zero-order chi connectivity index (χ0) is 26.3. The SMILES string of the molecule is Cc1nn(-c2ccc(Cl)cc2)c2sc(C(=O)Nc3ccc(S(=O)(=O)N(C)C4CC[NH+](C)CC4)cc3)cc12. The third-order valence-corrected chi connectivity index (χ3v) is 10.2. The molecule has 4 aromatic rings. The molecule has 1 amide bonds. The van der Waals surface area contributed by atoms with Crippen LogP contribution in [0.4, 0.5) is 5.69 Å². The second-order valence-electron chi connectivity index (χ2n) is 9.49. The first-order chi connectivity index (χ1) is 17.6. The number of anilines is 1. The highest BCUT2D eigenvalue weighted by Crippen LogP contribution is 2.31. The molecule has 37 heavy (non-hydrogen) atoms. The van der Waals surface area contributed by atoms with E-state index in [1.54, 1.807) is 43.4 Å². The molecule has 0 atom stereocenters. The number of quaternary nitrogens is 1. The van der Waals surface area contributed by atoms with Crippen LogP contribution in [0.15, 0.2) is 59.5 Å². The van der Waals surface area contributed by atoms with Crippen molar-refractivity contribution in [2.75, 3.05) is 32.5 Å². The van der Waals surface area contributed by atoms with Crippen LogP contribution in [-0.2, 0) is 10.0 Å². The van der Waals surface area contributed by atoms with Crippen LogP contribution in [0.1, 0.15) is 28.2 Å². The lowest BCUT2D eigenvalue weighted by molar-refractivity contribution is -0.885. The molecule has 0 unspecified atom stereocenters. The molecule has 0 bridgehead atoms. The summed E-state index contributed by atoms with van der Waals surface area (Å²) in [5.41, 5.74) is 2.22. The number of fused-ring (bicyclic) bond motifs is 1. The summed E-state index contributed by atoms with van der Waals surface area (Å²) < 4.78 is 29.6. The third kappa shape index (κ3) is 5.17. The lowest BCUT2D eigenvalue weighted by atomic mass is 10.1. The molecule has 0 radical (unpaired) electrons. The molecular weight excluding hydrogens is 530 g/mol. The minimum absolute atomic E-state index is 0.00768. The van der Waals surface area contributed by atoms with Gasteiger partial charge in [0.05, 0.1) is 41.3 Å². The normalized spacial score (nSPS) is 18.4. The number of aromatic nitrogens is 2. The molecule has 8 nitrogen and oxygen atoms in total. The Morgan fingerprint density at radius 1 is 1.14 bits per heavy atom. The maximum absolute atomic E-state index is 13.2. The number of piperidine rings is 1. The van der Waals surface area contributed by atoms with Crippen molar-refractivity contribution in [2.24, 2.45) is 0 Å². The van der Waals surface area contributed by atoms with E-state index in [0.717, 1.165) is 47.5 Å². The number of hydrogen-bond acceptors (Lipinski definition) is 5. The number of halogens is 1. The van der Waals surface area contributed by atoms with Gasteiger partial charge in [0.1, 0.15) is 4.83 Å². The fraction of sp³-hybridized carbons (Fsp3) is 0.308. The Morgan fingerprint density at radius 3 is 2.43 bits per heavy atom. The third-order valence-electron chi connectivity index (χ3n) is 6.95. The van der Waals surface area contributed by atoms with E-state index < -0.39 is 10.0 Å². The average molecular weight is 559 g/mol. The van der Waals surface area contributed by atoms with Crippen LogP contribution in [0.2, 0.25) is 5.02 Å². The number of benzene rings is 2. The Balaban J connectivity index is 1.32. The summed E-state index contributed by atoms with van der Waals surface area (Å²) in [5, 5.41) is 9.04. The van der Waals surface area contributed by atoms with E-state index in [2.05, 4.69) is 17.5 Å². The molecule has 1 aliphatic rings. The second kappa shape index (κ2) is 10.2. The number of nitrogens with zero attached hydrogens (tertiary/aromatic N) is 3. The van der Waals surface area contributed by atoms with Gasteiger partial charge >= 0.3 is 0 Å². The summed E-state index contributed by atoms with van der Waals surface area (Å²) in [5.74, 6) is -0.259. The number of thiophene rings is 1. The van der Waals surface area contributed by atoms with Gasteiger partial charge in [-0.2, -0.15) is 9.40 Å². The molecule has 2 aromatic carbocycles. The van der Waals surface area contributed by atoms with Gasteiger partial charge in [0, 0.05) is 42.0 Å². The molecule has 0 spiro atoms. The van der Waals surface area contributed by atoms with E-state index in [-0.39, 0.29) is 16.8 Å². The van der Waals surface area contributed by atoms with E-state index in [1.807, 2.05) is 29.8 Å². The van der Waals surface area contributed by atoms with Crippen LogP contribution in [0.5, 0.6) is 0 Å². The molecule has 5 rings (SSSR count). The second-order valence-corrected chi connectivity index (χ2v) is 13.0. The van der Waals surface area contributed by atoms with E-state index in [9.17, 15) is 13.2 Å². The smallest absolute Gasteiger partial charge is 0.265 e. The van der Waals surface area contributed by atoms with Crippen LogP contribution in [-0.4, -0.2) is 61.6 Å². The van der Waals surface area contributed by atoms with E-state index >= 15 is 0 Å². The Hall–Kier alpha value is -2.76. The summed E-state index contributed by atoms with van der Waals surface area (Å²) in [7, 11) is 0.182. The van der Waals surface area contributed by atoms with Gasteiger partial charge in [-0.05, 0) is 61.5 Å². The molecule has 1 saturated heterocycles. The first kappa shape index (κ1) is 25.9. The Morgan fingerprint density at radius 2 is 1.78 bits per heavy atom. The summed E-state index contributed by atoms with van der Waals surface area (Å²) in [4.78, 5) is 16.1. The minimum Gasteiger partial charge on any atom is -0.337 e. The quantitative estimate of drug-likeness (QED) is 0.378. The Kier molecular flexibility index (Phi) is 7.12. The van der Waals surface area contributed by atoms with Gasteiger partial charge in [-0.25, -0.2) is 13.1 Å². The zero-order valence-corrected chi connectivity index (χ0v) is 23.3. The number of hydrogen-bond donors (Lipinski definition) is 2.